The molecule has 142 valence electrons. The zero-order valence-corrected chi connectivity index (χ0v) is 15.0. The minimum absolute atomic E-state index is 0.0172. The average molecular weight is 397 g/mol. The van der Waals surface area contributed by atoms with Crippen molar-refractivity contribution in [3.05, 3.63) is 62.9 Å². The quantitative estimate of drug-likeness (QED) is 0.454. The maximum atomic E-state index is 13.8. The van der Waals surface area contributed by atoms with E-state index in [9.17, 15) is 24.1 Å². The van der Waals surface area contributed by atoms with Crippen molar-refractivity contribution in [3.63, 3.8) is 0 Å². The fourth-order valence-corrected chi connectivity index (χ4v) is 2.35. The first-order valence-electron chi connectivity index (χ1n) is 7.53. The van der Waals surface area contributed by atoms with Gasteiger partial charge in [-0.25, -0.2) is 9.18 Å². The number of nitro benzene ring substituents is 1. The molecule has 27 heavy (non-hydrogen) atoms. The summed E-state index contributed by atoms with van der Waals surface area (Å²) in [5.74, 6) is -2.63. The summed E-state index contributed by atoms with van der Waals surface area (Å²) in [6.07, 6.45) is -1.34. The molecular formula is C17H14ClFN2O6. The van der Waals surface area contributed by atoms with Gasteiger partial charge in [0.2, 0.25) is 0 Å². The summed E-state index contributed by atoms with van der Waals surface area (Å²) >= 11 is 5.78. The highest BCUT2D eigenvalue weighted by atomic mass is 35.5. The number of esters is 1. The summed E-state index contributed by atoms with van der Waals surface area (Å²) < 4.78 is 23.7. The maximum absolute atomic E-state index is 13.8. The van der Waals surface area contributed by atoms with Crippen LogP contribution in [-0.2, 0) is 9.53 Å². The molecule has 0 aliphatic heterocycles. The summed E-state index contributed by atoms with van der Waals surface area (Å²) in [4.78, 5) is 34.6. The van der Waals surface area contributed by atoms with E-state index in [0.717, 1.165) is 12.1 Å². The Bertz CT molecular complexity index is 885. The molecule has 0 spiro atoms. The second-order valence-corrected chi connectivity index (χ2v) is 5.68. The highest BCUT2D eigenvalue weighted by molar-refractivity contribution is 6.33. The smallest absolute Gasteiger partial charge is 0.343 e. The van der Waals surface area contributed by atoms with Gasteiger partial charge in [-0.3, -0.25) is 14.9 Å². The zero-order valence-electron chi connectivity index (χ0n) is 14.2. The third-order valence-electron chi connectivity index (χ3n) is 3.47. The largest absolute Gasteiger partial charge is 0.495 e. The van der Waals surface area contributed by atoms with E-state index >= 15 is 0 Å². The summed E-state index contributed by atoms with van der Waals surface area (Å²) in [6, 6.07) is 7.26. The average Bonchev–Trinajstić information content (AvgIpc) is 2.61. The molecule has 0 aliphatic rings. The molecule has 1 N–H and O–H groups in total. The number of carbonyl (C=O) groups is 2. The summed E-state index contributed by atoms with van der Waals surface area (Å²) in [6.45, 7) is 1.26. The van der Waals surface area contributed by atoms with E-state index < -0.39 is 34.3 Å². The van der Waals surface area contributed by atoms with Gasteiger partial charge in [-0.15, -0.1) is 0 Å². The number of methoxy groups -OCH3 is 1. The van der Waals surface area contributed by atoms with Gasteiger partial charge in [0.25, 0.3) is 11.6 Å². The summed E-state index contributed by atoms with van der Waals surface area (Å²) in [7, 11) is 1.32. The van der Waals surface area contributed by atoms with Crippen LogP contribution in [0.15, 0.2) is 36.4 Å². The van der Waals surface area contributed by atoms with Crippen molar-refractivity contribution in [2.75, 3.05) is 12.4 Å². The third kappa shape index (κ3) is 4.70. The van der Waals surface area contributed by atoms with E-state index in [1.807, 2.05) is 0 Å². The van der Waals surface area contributed by atoms with Crippen LogP contribution in [0.25, 0.3) is 0 Å². The standard InChI is InChI=1S/C17H14ClFN2O6/c1-9(27-17(23)15-11(18)4-3-5-12(15)19)16(22)20-13-8-10(21(24)25)6-7-14(13)26-2/h3-9H,1-2H3,(H,20,22)/t9-/m0/s1. The van der Waals surface area contributed by atoms with Crippen LogP contribution in [0.4, 0.5) is 15.8 Å². The summed E-state index contributed by atoms with van der Waals surface area (Å²) in [5.41, 5.74) is -0.746. The van der Waals surface area contributed by atoms with E-state index in [1.165, 1.54) is 38.3 Å². The monoisotopic (exact) mass is 396 g/mol. The lowest BCUT2D eigenvalue weighted by atomic mass is 10.2. The number of amides is 1. The fourth-order valence-electron chi connectivity index (χ4n) is 2.11. The van der Waals surface area contributed by atoms with E-state index in [1.54, 1.807) is 0 Å². The predicted octanol–water partition coefficient (Wildman–Crippen LogP) is 3.58. The van der Waals surface area contributed by atoms with Gasteiger partial charge in [0.05, 0.1) is 22.7 Å². The molecule has 0 unspecified atom stereocenters. The maximum Gasteiger partial charge on any atom is 0.343 e. The van der Waals surface area contributed by atoms with Crippen molar-refractivity contribution in [1.29, 1.82) is 0 Å². The SMILES string of the molecule is COc1ccc([N+](=O)[O-])cc1NC(=O)[C@H](C)OC(=O)c1c(F)cccc1Cl. The molecule has 10 heteroatoms. The van der Waals surface area contributed by atoms with Crippen molar-refractivity contribution in [2.45, 2.75) is 13.0 Å². The first-order valence-corrected chi connectivity index (χ1v) is 7.90. The molecule has 0 heterocycles. The Morgan fingerprint density at radius 1 is 1.30 bits per heavy atom. The highest BCUT2D eigenvalue weighted by Gasteiger charge is 2.24. The Kier molecular flexibility index (Phi) is 6.30. The number of halogens is 2. The van der Waals surface area contributed by atoms with Gasteiger partial charge >= 0.3 is 5.97 Å². The third-order valence-corrected chi connectivity index (χ3v) is 3.79. The van der Waals surface area contributed by atoms with Gasteiger partial charge in [0, 0.05) is 12.1 Å². The molecule has 2 aromatic rings. The Labute approximate surface area is 158 Å². The van der Waals surface area contributed by atoms with Crippen LogP contribution in [0.1, 0.15) is 17.3 Å². The Balaban J connectivity index is 2.15. The number of rotatable bonds is 6. The molecule has 1 amide bonds. The summed E-state index contributed by atoms with van der Waals surface area (Å²) in [5, 5.41) is 13.1. The normalized spacial score (nSPS) is 11.4. The molecule has 0 radical (unpaired) electrons. The Morgan fingerprint density at radius 3 is 2.59 bits per heavy atom. The second kappa shape index (κ2) is 8.45. The lowest BCUT2D eigenvalue weighted by molar-refractivity contribution is -0.384. The van der Waals surface area contributed by atoms with Gasteiger partial charge < -0.3 is 14.8 Å². The Hall–Kier alpha value is -3.20. The van der Waals surface area contributed by atoms with Crippen molar-refractivity contribution in [1.82, 2.24) is 0 Å². The van der Waals surface area contributed by atoms with E-state index in [0.29, 0.717) is 0 Å². The first kappa shape index (κ1) is 20.1. The molecule has 0 aromatic heterocycles. The van der Waals surface area contributed by atoms with Gasteiger partial charge in [-0.1, -0.05) is 17.7 Å². The van der Waals surface area contributed by atoms with Crippen LogP contribution in [0.5, 0.6) is 5.75 Å². The number of hydrogen-bond donors (Lipinski definition) is 1. The topological polar surface area (TPSA) is 108 Å². The van der Waals surface area contributed by atoms with Crippen LogP contribution < -0.4 is 10.1 Å². The van der Waals surface area contributed by atoms with Crippen molar-refractivity contribution in [2.24, 2.45) is 0 Å². The van der Waals surface area contributed by atoms with Crippen LogP contribution >= 0.6 is 11.6 Å². The van der Waals surface area contributed by atoms with Crippen molar-refractivity contribution >= 4 is 34.9 Å². The number of non-ortho nitro benzene ring substituents is 1. The number of nitro groups is 1. The number of hydrogen-bond acceptors (Lipinski definition) is 6. The van der Waals surface area contributed by atoms with E-state index in [4.69, 9.17) is 21.1 Å². The van der Waals surface area contributed by atoms with Gasteiger partial charge in [0.15, 0.2) is 6.10 Å². The molecule has 2 rings (SSSR count). The molecule has 0 fully saturated rings. The van der Waals surface area contributed by atoms with Crippen LogP contribution in [-0.4, -0.2) is 30.0 Å². The number of ether oxygens (including phenoxy) is 2. The van der Waals surface area contributed by atoms with Crippen LogP contribution in [0.3, 0.4) is 0 Å². The van der Waals surface area contributed by atoms with Gasteiger partial charge in [0.1, 0.15) is 17.1 Å². The minimum Gasteiger partial charge on any atom is -0.495 e. The molecule has 2 aromatic carbocycles. The molecule has 0 saturated heterocycles. The number of anilines is 1. The Morgan fingerprint density at radius 2 is 2.00 bits per heavy atom. The first-order chi connectivity index (χ1) is 12.7. The zero-order chi connectivity index (χ0) is 20.1. The number of nitrogens with one attached hydrogen (secondary N) is 1. The van der Waals surface area contributed by atoms with E-state index in [2.05, 4.69) is 5.32 Å². The van der Waals surface area contributed by atoms with Crippen molar-refractivity contribution < 1.29 is 28.4 Å². The van der Waals surface area contributed by atoms with Crippen molar-refractivity contribution in [3.8, 4) is 5.75 Å². The number of carbonyl (C=O) groups excluding carboxylic acids is 2. The predicted molar refractivity (Wildman–Crippen MR) is 94.6 cm³/mol. The molecule has 1 atom stereocenters. The number of nitrogens with zero attached hydrogens (tertiary/aromatic N) is 1. The molecule has 0 aliphatic carbocycles. The van der Waals surface area contributed by atoms with E-state index in [-0.39, 0.29) is 22.1 Å². The minimum atomic E-state index is -1.34. The second-order valence-electron chi connectivity index (χ2n) is 5.28. The lowest BCUT2D eigenvalue weighted by Crippen LogP contribution is -2.30. The van der Waals surface area contributed by atoms with Gasteiger partial charge in [-0.05, 0) is 25.1 Å². The van der Waals surface area contributed by atoms with Crippen LogP contribution in [0, 0.1) is 15.9 Å². The molecular weight excluding hydrogens is 383 g/mol. The lowest BCUT2D eigenvalue weighted by Gasteiger charge is -2.15. The molecule has 0 saturated carbocycles. The fraction of sp³-hybridized carbons (Fsp3) is 0.176. The highest BCUT2D eigenvalue weighted by Crippen LogP contribution is 2.29. The molecule has 0 bridgehead atoms. The van der Waals surface area contributed by atoms with Gasteiger partial charge in [-0.2, -0.15) is 0 Å². The molecule has 8 nitrogen and oxygen atoms in total. The number of benzene rings is 2. The van der Waals surface area contributed by atoms with Crippen LogP contribution in [0.2, 0.25) is 5.02 Å².